The molecule has 1 aliphatic rings. The number of hydrogen-bond acceptors (Lipinski definition) is 5. The highest BCUT2D eigenvalue weighted by Gasteiger charge is 2.26. The molecule has 2 aromatic heterocycles. The maximum Gasteiger partial charge on any atom is 0.274 e. The zero-order valence-electron chi connectivity index (χ0n) is 18.4. The quantitative estimate of drug-likeness (QED) is 0.625. The molecular formula is C24H30N4O2S. The van der Waals surface area contributed by atoms with Gasteiger partial charge in [-0.05, 0) is 63.2 Å². The first-order valence-electron chi connectivity index (χ1n) is 11.0. The smallest absolute Gasteiger partial charge is 0.274 e. The molecule has 0 radical (unpaired) electrons. The predicted molar refractivity (Wildman–Crippen MR) is 126 cm³/mol. The van der Waals surface area contributed by atoms with Crippen LogP contribution in [0.1, 0.15) is 61.1 Å². The zero-order valence-corrected chi connectivity index (χ0v) is 19.2. The van der Waals surface area contributed by atoms with Crippen LogP contribution in [-0.2, 0) is 0 Å². The van der Waals surface area contributed by atoms with Gasteiger partial charge in [-0.2, -0.15) is 5.10 Å². The van der Waals surface area contributed by atoms with E-state index in [1.165, 1.54) is 22.4 Å². The summed E-state index contributed by atoms with van der Waals surface area (Å²) < 4.78 is 1.40. The Balaban J connectivity index is 1.60. The lowest BCUT2D eigenvalue weighted by Crippen LogP contribution is -2.42. The molecule has 4 rings (SSSR count). The molecule has 3 aromatic rings. The summed E-state index contributed by atoms with van der Waals surface area (Å²) in [6, 6.07) is 11.5. The molecule has 0 saturated carbocycles. The maximum atomic E-state index is 13.2. The summed E-state index contributed by atoms with van der Waals surface area (Å²) in [5.74, 6) is 0.514. The summed E-state index contributed by atoms with van der Waals surface area (Å²) in [4.78, 5) is 29.8. The van der Waals surface area contributed by atoms with Crippen molar-refractivity contribution in [1.82, 2.24) is 20.0 Å². The van der Waals surface area contributed by atoms with Crippen LogP contribution in [0, 0.1) is 5.92 Å². The first-order chi connectivity index (χ1) is 15.0. The maximum absolute atomic E-state index is 13.2. The molecule has 1 fully saturated rings. The molecule has 0 aliphatic carbocycles. The average molecular weight is 439 g/mol. The Morgan fingerprint density at radius 2 is 1.87 bits per heavy atom. The van der Waals surface area contributed by atoms with Gasteiger partial charge in [0, 0.05) is 16.8 Å². The van der Waals surface area contributed by atoms with E-state index in [2.05, 4.69) is 39.8 Å². The number of carbonyl (C=O) groups excluding carboxylic acids is 1. The molecule has 1 aromatic carbocycles. The van der Waals surface area contributed by atoms with Crippen LogP contribution in [0.15, 0.2) is 46.6 Å². The fourth-order valence-corrected chi connectivity index (χ4v) is 5.09. The Hall–Kier alpha value is -2.51. The van der Waals surface area contributed by atoms with Crippen molar-refractivity contribution in [2.45, 2.75) is 45.7 Å². The van der Waals surface area contributed by atoms with E-state index in [4.69, 9.17) is 0 Å². The number of fused-ring (bicyclic) bond motifs is 1. The average Bonchev–Trinajstić information content (AvgIpc) is 3.30. The number of thiophene rings is 1. The third kappa shape index (κ3) is 4.57. The molecule has 6 nitrogen and oxygen atoms in total. The molecule has 1 atom stereocenters. The number of nitrogens with zero attached hydrogens (tertiary/aromatic N) is 3. The van der Waals surface area contributed by atoms with E-state index in [1.54, 1.807) is 23.5 Å². The van der Waals surface area contributed by atoms with Gasteiger partial charge < -0.3 is 5.32 Å². The van der Waals surface area contributed by atoms with Crippen LogP contribution in [0.4, 0.5) is 0 Å². The summed E-state index contributed by atoms with van der Waals surface area (Å²) in [6.07, 6.45) is 2.36. The second kappa shape index (κ2) is 9.32. The van der Waals surface area contributed by atoms with Gasteiger partial charge in [-0.15, -0.1) is 11.3 Å². The van der Waals surface area contributed by atoms with Crippen LogP contribution in [0.5, 0.6) is 0 Å². The Kier molecular flexibility index (Phi) is 6.53. The van der Waals surface area contributed by atoms with Gasteiger partial charge in [-0.25, -0.2) is 4.68 Å². The van der Waals surface area contributed by atoms with Gasteiger partial charge in [-0.1, -0.05) is 31.2 Å². The largest absolute Gasteiger partial charge is 0.349 e. The molecule has 1 aliphatic heterocycles. The zero-order chi connectivity index (χ0) is 22.0. The highest BCUT2D eigenvalue weighted by atomic mass is 32.1. The van der Waals surface area contributed by atoms with Gasteiger partial charge in [0.15, 0.2) is 5.69 Å². The third-order valence-corrected chi connectivity index (χ3v) is 7.09. The molecule has 1 N–H and O–H groups in total. The van der Waals surface area contributed by atoms with Crippen molar-refractivity contribution in [2.24, 2.45) is 5.92 Å². The van der Waals surface area contributed by atoms with Gasteiger partial charge in [-0.3, -0.25) is 14.5 Å². The Morgan fingerprint density at radius 3 is 2.52 bits per heavy atom. The van der Waals surface area contributed by atoms with Crippen LogP contribution in [-0.4, -0.2) is 40.2 Å². The summed E-state index contributed by atoms with van der Waals surface area (Å²) >= 11 is 1.73. The Bertz CT molecular complexity index is 1100. The molecule has 31 heavy (non-hydrogen) atoms. The number of amides is 1. The highest BCUT2D eigenvalue weighted by Crippen LogP contribution is 2.29. The van der Waals surface area contributed by atoms with Crippen molar-refractivity contribution in [3.05, 3.63) is 62.7 Å². The summed E-state index contributed by atoms with van der Waals surface area (Å²) in [7, 11) is 0. The highest BCUT2D eigenvalue weighted by molar-refractivity contribution is 7.10. The van der Waals surface area contributed by atoms with Crippen molar-refractivity contribution < 1.29 is 4.79 Å². The first kappa shape index (κ1) is 21.7. The molecule has 1 unspecified atom stereocenters. The Labute approximate surface area is 186 Å². The van der Waals surface area contributed by atoms with E-state index in [0.717, 1.165) is 19.0 Å². The first-order valence-corrected chi connectivity index (χ1v) is 11.9. The minimum Gasteiger partial charge on any atom is -0.349 e. The molecule has 1 saturated heterocycles. The number of aromatic nitrogens is 2. The van der Waals surface area contributed by atoms with Crippen molar-refractivity contribution >= 4 is 28.0 Å². The standard InChI is InChI=1S/C24H30N4O2S/c1-16(2)28-24(30)19-8-5-4-7-18(19)22(26-28)23(29)25-15-20(21-9-6-14-31-21)27-12-10-17(3)11-13-27/h4-9,14,16-17,20H,10-13,15H2,1-3H3,(H,25,29). The van der Waals surface area contributed by atoms with Crippen molar-refractivity contribution in [1.29, 1.82) is 0 Å². The second-order valence-corrected chi connectivity index (χ2v) is 9.68. The fraction of sp³-hybridized carbons (Fsp3) is 0.458. The molecule has 3 heterocycles. The molecule has 164 valence electrons. The Morgan fingerprint density at radius 1 is 1.16 bits per heavy atom. The van der Waals surface area contributed by atoms with Crippen LogP contribution in [0.2, 0.25) is 0 Å². The molecular weight excluding hydrogens is 408 g/mol. The van der Waals surface area contributed by atoms with Gasteiger partial charge in [0.25, 0.3) is 11.5 Å². The monoisotopic (exact) mass is 438 g/mol. The van der Waals surface area contributed by atoms with Gasteiger partial charge in [0.2, 0.25) is 0 Å². The lowest BCUT2D eigenvalue weighted by Gasteiger charge is -2.36. The summed E-state index contributed by atoms with van der Waals surface area (Å²) in [5.41, 5.74) is 0.141. The van der Waals surface area contributed by atoms with Crippen LogP contribution < -0.4 is 10.9 Å². The number of hydrogen-bond donors (Lipinski definition) is 1. The molecule has 1 amide bonds. The molecule has 7 heteroatoms. The normalized spacial score (nSPS) is 16.6. The molecule has 0 bridgehead atoms. The number of likely N-dealkylation sites (tertiary alicyclic amines) is 1. The molecule has 0 spiro atoms. The third-order valence-electron chi connectivity index (χ3n) is 6.12. The predicted octanol–water partition coefficient (Wildman–Crippen LogP) is 4.24. The number of piperidine rings is 1. The van der Waals surface area contributed by atoms with Crippen molar-refractivity contribution in [3.8, 4) is 0 Å². The van der Waals surface area contributed by atoms with E-state index < -0.39 is 0 Å². The summed E-state index contributed by atoms with van der Waals surface area (Å²) in [6.45, 7) is 8.70. The minimum absolute atomic E-state index is 0.127. The second-order valence-electron chi connectivity index (χ2n) is 8.70. The number of nitrogens with one attached hydrogen (secondary N) is 1. The van der Waals surface area contributed by atoms with Crippen molar-refractivity contribution in [3.63, 3.8) is 0 Å². The fourth-order valence-electron chi connectivity index (χ4n) is 4.23. The topological polar surface area (TPSA) is 67.2 Å². The number of benzene rings is 1. The van der Waals surface area contributed by atoms with Gasteiger partial charge >= 0.3 is 0 Å². The summed E-state index contributed by atoms with van der Waals surface area (Å²) in [5, 5.41) is 10.8. The van der Waals surface area contributed by atoms with Crippen molar-refractivity contribution in [2.75, 3.05) is 19.6 Å². The van der Waals surface area contributed by atoms with E-state index in [1.807, 2.05) is 26.0 Å². The lowest BCUT2D eigenvalue weighted by molar-refractivity contribution is 0.0909. The lowest BCUT2D eigenvalue weighted by atomic mass is 9.97. The minimum atomic E-state index is -0.238. The van der Waals surface area contributed by atoms with Crippen LogP contribution in [0.25, 0.3) is 10.8 Å². The van der Waals surface area contributed by atoms with E-state index >= 15 is 0 Å². The number of rotatable bonds is 6. The van der Waals surface area contributed by atoms with Gasteiger partial charge in [0.05, 0.1) is 17.5 Å². The van der Waals surface area contributed by atoms with E-state index in [9.17, 15) is 9.59 Å². The SMILES string of the molecule is CC1CCN(C(CNC(=O)c2nn(C(C)C)c(=O)c3ccccc23)c2cccs2)CC1. The van der Waals surface area contributed by atoms with Gasteiger partial charge in [0.1, 0.15) is 0 Å². The van der Waals surface area contributed by atoms with Crippen LogP contribution in [0.3, 0.4) is 0 Å². The van der Waals surface area contributed by atoms with E-state index in [-0.39, 0.29) is 23.6 Å². The van der Waals surface area contributed by atoms with E-state index in [0.29, 0.717) is 23.0 Å². The van der Waals surface area contributed by atoms with Crippen LogP contribution >= 0.6 is 11.3 Å². The number of carbonyl (C=O) groups is 1.